The van der Waals surface area contributed by atoms with Gasteiger partial charge in [-0.3, -0.25) is 0 Å². The molecule has 2 rings (SSSR count). The van der Waals surface area contributed by atoms with Gasteiger partial charge in [0.05, 0.1) is 11.5 Å². The van der Waals surface area contributed by atoms with Crippen LogP contribution in [0.5, 0.6) is 0 Å². The van der Waals surface area contributed by atoms with Crippen LogP contribution in [0.2, 0.25) is 0 Å². The van der Waals surface area contributed by atoms with E-state index in [1.165, 1.54) is 11.1 Å². The molecule has 0 amide bonds. The van der Waals surface area contributed by atoms with Gasteiger partial charge < -0.3 is 5.32 Å². The van der Waals surface area contributed by atoms with Crippen molar-refractivity contribution in [1.29, 1.82) is 0 Å². The molecule has 1 aromatic rings. The van der Waals surface area contributed by atoms with Crippen molar-refractivity contribution in [2.75, 3.05) is 18.6 Å². The Morgan fingerprint density at radius 1 is 1.37 bits per heavy atom. The smallest absolute Gasteiger partial charge is 0.150 e. The topological polar surface area (TPSA) is 46.2 Å². The van der Waals surface area contributed by atoms with E-state index in [0.717, 1.165) is 19.3 Å². The summed E-state index contributed by atoms with van der Waals surface area (Å²) >= 11 is 0. The van der Waals surface area contributed by atoms with Crippen molar-refractivity contribution >= 4 is 9.84 Å². The molecule has 1 aromatic carbocycles. The molecule has 2 unspecified atom stereocenters. The number of hydrogen-bond donors (Lipinski definition) is 1. The molecule has 0 saturated carbocycles. The number of likely N-dealkylation sites (N-methyl/N-ethyl adjacent to an activating group) is 1. The highest BCUT2D eigenvalue weighted by Gasteiger charge is 2.29. The Morgan fingerprint density at radius 2 is 2.11 bits per heavy atom. The molecule has 1 saturated heterocycles. The van der Waals surface area contributed by atoms with Crippen LogP contribution in [0.3, 0.4) is 0 Å². The highest BCUT2D eigenvalue weighted by molar-refractivity contribution is 7.91. The zero-order valence-corrected chi connectivity index (χ0v) is 12.5. The average molecular weight is 281 g/mol. The molecular weight excluding hydrogens is 258 g/mol. The van der Waals surface area contributed by atoms with Crippen LogP contribution in [0.4, 0.5) is 0 Å². The van der Waals surface area contributed by atoms with E-state index >= 15 is 0 Å². The van der Waals surface area contributed by atoms with E-state index in [2.05, 4.69) is 36.5 Å². The predicted molar refractivity (Wildman–Crippen MR) is 79.1 cm³/mol. The maximum atomic E-state index is 11.5. The van der Waals surface area contributed by atoms with Gasteiger partial charge in [0.25, 0.3) is 0 Å². The summed E-state index contributed by atoms with van der Waals surface area (Å²) < 4.78 is 23.0. The fraction of sp³-hybridized carbons (Fsp3) is 0.600. The summed E-state index contributed by atoms with van der Waals surface area (Å²) in [5.74, 6) is 1.07. The fourth-order valence-electron chi connectivity index (χ4n) is 2.87. The number of aryl methyl sites for hydroxylation is 1. The molecule has 19 heavy (non-hydrogen) atoms. The third kappa shape index (κ3) is 4.05. The zero-order valence-electron chi connectivity index (χ0n) is 11.7. The summed E-state index contributed by atoms with van der Waals surface area (Å²) in [6.07, 6.45) is 2.75. The summed E-state index contributed by atoms with van der Waals surface area (Å²) in [4.78, 5) is 0. The third-order valence-electron chi connectivity index (χ3n) is 4.08. The molecule has 0 radical (unpaired) electrons. The molecule has 1 fully saturated rings. The summed E-state index contributed by atoms with van der Waals surface area (Å²) in [6.45, 7) is 2.13. The van der Waals surface area contributed by atoms with Gasteiger partial charge in [0.2, 0.25) is 0 Å². The maximum Gasteiger partial charge on any atom is 0.150 e. The van der Waals surface area contributed by atoms with Gasteiger partial charge in [0, 0.05) is 6.04 Å². The van der Waals surface area contributed by atoms with E-state index in [9.17, 15) is 8.42 Å². The number of sulfone groups is 1. The van der Waals surface area contributed by atoms with Crippen molar-refractivity contribution in [1.82, 2.24) is 5.32 Å². The first kappa shape index (κ1) is 14.5. The Balaban J connectivity index is 1.96. The maximum absolute atomic E-state index is 11.5. The van der Waals surface area contributed by atoms with E-state index in [1.54, 1.807) is 0 Å². The van der Waals surface area contributed by atoms with Gasteiger partial charge in [0.15, 0.2) is 9.84 Å². The molecule has 0 aliphatic carbocycles. The first-order valence-electron chi connectivity index (χ1n) is 6.92. The highest BCUT2D eigenvalue weighted by Crippen LogP contribution is 2.24. The summed E-state index contributed by atoms with van der Waals surface area (Å²) in [6, 6.07) is 8.76. The molecule has 4 heteroatoms. The first-order chi connectivity index (χ1) is 9.00. The average Bonchev–Trinajstić information content (AvgIpc) is 2.70. The van der Waals surface area contributed by atoms with Crippen molar-refractivity contribution in [2.24, 2.45) is 5.92 Å². The molecule has 3 nitrogen and oxygen atoms in total. The summed E-state index contributed by atoms with van der Waals surface area (Å²) in [7, 11) is -0.793. The van der Waals surface area contributed by atoms with E-state index in [-0.39, 0.29) is 0 Å². The summed E-state index contributed by atoms with van der Waals surface area (Å²) in [5.41, 5.74) is 2.66. The quantitative estimate of drug-likeness (QED) is 0.897. The molecule has 0 spiro atoms. The second-order valence-corrected chi connectivity index (χ2v) is 7.85. The molecule has 106 valence electrons. The van der Waals surface area contributed by atoms with Gasteiger partial charge in [-0.15, -0.1) is 0 Å². The monoisotopic (exact) mass is 281 g/mol. The van der Waals surface area contributed by atoms with E-state index in [0.29, 0.717) is 23.5 Å². The van der Waals surface area contributed by atoms with Crippen molar-refractivity contribution in [3.05, 3.63) is 35.4 Å². The van der Waals surface area contributed by atoms with Crippen molar-refractivity contribution < 1.29 is 8.42 Å². The zero-order chi connectivity index (χ0) is 13.9. The van der Waals surface area contributed by atoms with Crippen LogP contribution >= 0.6 is 0 Å². The molecule has 1 heterocycles. The SMILES string of the molecule is CNC(Cc1ccccc1C)CC1CCS(=O)(=O)C1. The van der Waals surface area contributed by atoms with Gasteiger partial charge in [-0.25, -0.2) is 8.42 Å². The lowest BCUT2D eigenvalue weighted by Crippen LogP contribution is -2.30. The molecule has 0 aromatic heterocycles. The molecule has 2 atom stereocenters. The Hall–Kier alpha value is -0.870. The van der Waals surface area contributed by atoms with Gasteiger partial charge in [-0.05, 0) is 50.3 Å². The van der Waals surface area contributed by atoms with Crippen LogP contribution in [0, 0.1) is 12.8 Å². The minimum absolute atomic E-state index is 0.325. The molecule has 1 aliphatic heterocycles. The number of hydrogen-bond acceptors (Lipinski definition) is 3. The van der Waals surface area contributed by atoms with Crippen molar-refractivity contribution in [3.63, 3.8) is 0 Å². The molecule has 0 bridgehead atoms. The molecule has 1 aliphatic rings. The van der Waals surface area contributed by atoms with Gasteiger partial charge in [-0.2, -0.15) is 0 Å². The number of nitrogens with one attached hydrogen (secondary N) is 1. The molecular formula is C15H23NO2S. The van der Waals surface area contributed by atoms with E-state index in [1.807, 2.05) is 7.05 Å². The Morgan fingerprint density at radius 3 is 2.68 bits per heavy atom. The summed E-state index contributed by atoms with van der Waals surface area (Å²) in [5, 5.41) is 3.34. The van der Waals surface area contributed by atoms with Gasteiger partial charge >= 0.3 is 0 Å². The first-order valence-corrected chi connectivity index (χ1v) is 8.74. The van der Waals surface area contributed by atoms with Crippen molar-refractivity contribution in [2.45, 2.75) is 32.2 Å². The largest absolute Gasteiger partial charge is 0.317 e. The van der Waals surface area contributed by atoms with E-state index < -0.39 is 9.84 Å². The van der Waals surface area contributed by atoms with Crippen molar-refractivity contribution in [3.8, 4) is 0 Å². The number of rotatable bonds is 5. The van der Waals surface area contributed by atoms with Crippen LogP contribution in [0.15, 0.2) is 24.3 Å². The predicted octanol–water partition coefficient (Wildman–Crippen LogP) is 1.95. The standard InChI is InChI=1S/C15H23NO2S/c1-12-5-3-4-6-14(12)10-15(16-2)9-13-7-8-19(17,18)11-13/h3-6,13,15-16H,7-11H2,1-2H3. The Bertz CT molecular complexity index is 525. The lowest BCUT2D eigenvalue weighted by Gasteiger charge is -2.20. The Labute approximate surface area is 116 Å². The van der Waals surface area contributed by atoms with Crippen LogP contribution in [0.1, 0.15) is 24.0 Å². The second-order valence-electron chi connectivity index (χ2n) is 5.62. The van der Waals surface area contributed by atoms with Crippen LogP contribution < -0.4 is 5.32 Å². The minimum Gasteiger partial charge on any atom is -0.317 e. The third-order valence-corrected chi connectivity index (χ3v) is 5.92. The van der Waals surface area contributed by atoms with E-state index in [4.69, 9.17) is 0 Å². The van der Waals surface area contributed by atoms with Gasteiger partial charge in [-0.1, -0.05) is 24.3 Å². The highest BCUT2D eigenvalue weighted by atomic mass is 32.2. The van der Waals surface area contributed by atoms with Crippen LogP contribution in [0.25, 0.3) is 0 Å². The fourth-order valence-corrected chi connectivity index (χ4v) is 4.75. The minimum atomic E-state index is -2.76. The normalized spacial score (nSPS) is 23.4. The number of benzene rings is 1. The van der Waals surface area contributed by atoms with Crippen LogP contribution in [-0.2, 0) is 16.3 Å². The Kier molecular flexibility index (Phi) is 4.63. The lowest BCUT2D eigenvalue weighted by atomic mass is 9.93. The molecule has 1 N–H and O–H groups in total. The van der Waals surface area contributed by atoms with Gasteiger partial charge in [0.1, 0.15) is 0 Å². The lowest BCUT2D eigenvalue weighted by molar-refractivity contribution is 0.423. The van der Waals surface area contributed by atoms with Crippen LogP contribution in [-0.4, -0.2) is 33.0 Å². The second kappa shape index (κ2) is 6.06.